The molecule has 0 saturated carbocycles. The molecule has 2 rings (SSSR count). The molecule has 148 valence electrons. The highest BCUT2D eigenvalue weighted by atomic mass is 16.5. The lowest BCUT2D eigenvalue weighted by Gasteiger charge is -2.39. The van der Waals surface area contributed by atoms with Crippen LogP contribution in [-0.4, -0.2) is 73.3 Å². The second kappa shape index (κ2) is 10.6. The Hall–Kier alpha value is -1.53. The standard InChI is InChI=1S/C20H37N5O/c1-6-17(7-2)19(25-11-13-26-14-12-25)15-22-20(21-3)24(5)16-18-9-8-10-23(18)4/h8-10,17,19H,6-7,11-16H2,1-5H3,(H,21,22). The molecular weight excluding hydrogens is 326 g/mol. The molecule has 6 nitrogen and oxygen atoms in total. The monoisotopic (exact) mass is 363 g/mol. The molecule has 1 fully saturated rings. The van der Waals surface area contributed by atoms with Crippen LogP contribution in [0.1, 0.15) is 32.4 Å². The summed E-state index contributed by atoms with van der Waals surface area (Å²) in [7, 11) is 6.05. The topological polar surface area (TPSA) is 45.0 Å². The number of morpholine rings is 1. The summed E-state index contributed by atoms with van der Waals surface area (Å²) >= 11 is 0. The van der Waals surface area contributed by atoms with Crippen LogP contribution in [0.25, 0.3) is 0 Å². The van der Waals surface area contributed by atoms with E-state index in [9.17, 15) is 0 Å². The highest BCUT2D eigenvalue weighted by Gasteiger charge is 2.27. The smallest absolute Gasteiger partial charge is 0.193 e. The van der Waals surface area contributed by atoms with Gasteiger partial charge in [-0.2, -0.15) is 0 Å². The van der Waals surface area contributed by atoms with Gasteiger partial charge in [-0.25, -0.2) is 0 Å². The largest absolute Gasteiger partial charge is 0.379 e. The van der Waals surface area contributed by atoms with Gasteiger partial charge in [-0.05, 0) is 18.1 Å². The molecule has 0 aromatic carbocycles. The van der Waals surface area contributed by atoms with Crippen LogP contribution in [0.3, 0.4) is 0 Å². The SMILES string of the molecule is CCC(CC)C(CNC(=NC)N(C)Cc1cccn1C)N1CCOCC1. The van der Waals surface area contributed by atoms with Gasteiger partial charge in [0.05, 0.1) is 19.8 Å². The molecule has 1 aliphatic heterocycles. The Bertz CT molecular complexity index is 546. The zero-order valence-electron chi connectivity index (χ0n) is 17.2. The van der Waals surface area contributed by atoms with Gasteiger partial charge in [0.25, 0.3) is 0 Å². The number of nitrogens with one attached hydrogen (secondary N) is 1. The number of rotatable bonds is 8. The lowest BCUT2D eigenvalue weighted by molar-refractivity contribution is 0.00261. The zero-order valence-corrected chi connectivity index (χ0v) is 17.2. The van der Waals surface area contributed by atoms with Crippen LogP contribution in [-0.2, 0) is 18.3 Å². The molecule has 6 heteroatoms. The second-order valence-corrected chi connectivity index (χ2v) is 7.19. The average molecular weight is 364 g/mol. The number of guanidine groups is 1. The van der Waals surface area contributed by atoms with Crippen molar-refractivity contribution in [2.45, 2.75) is 39.3 Å². The maximum absolute atomic E-state index is 5.56. The molecule has 1 unspecified atom stereocenters. The number of aryl methyl sites for hydroxylation is 1. The summed E-state index contributed by atoms with van der Waals surface area (Å²) in [6.45, 7) is 10.1. The van der Waals surface area contributed by atoms with Crippen molar-refractivity contribution in [3.05, 3.63) is 24.0 Å². The van der Waals surface area contributed by atoms with Crippen molar-refractivity contribution in [2.24, 2.45) is 18.0 Å². The first-order chi connectivity index (χ1) is 12.6. The maximum atomic E-state index is 5.56. The fraction of sp³-hybridized carbons (Fsp3) is 0.750. The van der Waals surface area contributed by atoms with E-state index in [4.69, 9.17) is 4.74 Å². The van der Waals surface area contributed by atoms with Gasteiger partial charge < -0.3 is 19.5 Å². The third-order valence-electron chi connectivity index (χ3n) is 5.60. The molecule has 0 amide bonds. The number of aliphatic imine (C=N–C) groups is 1. The molecule has 1 aliphatic rings. The number of ether oxygens (including phenoxy) is 1. The van der Waals surface area contributed by atoms with E-state index in [0.717, 1.165) is 45.4 Å². The predicted octanol–water partition coefficient (Wildman–Crippen LogP) is 2.17. The third-order valence-corrected chi connectivity index (χ3v) is 5.60. The lowest BCUT2D eigenvalue weighted by Crippen LogP contribution is -2.53. The fourth-order valence-electron chi connectivity index (χ4n) is 3.90. The summed E-state index contributed by atoms with van der Waals surface area (Å²) in [6, 6.07) is 4.76. The quantitative estimate of drug-likeness (QED) is 0.568. The molecule has 0 bridgehead atoms. The normalized spacial score (nSPS) is 17.5. The summed E-state index contributed by atoms with van der Waals surface area (Å²) in [5, 5.41) is 3.63. The van der Waals surface area contributed by atoms with E-state index in [1.807, 2.05) is 7.05 Å². The Labute approximate surface area is 159 Å². The number of aromatic nitrogens is 1. The van der Waals surface area contributed by atoms with E-state index in [0.29, 0.717) is 12.0 Å². The van der Waals surface area contributed by atoms with Gasteiger partial charge in [-0.15, -0.1) is 0 Å². The fourth-order valence-corrected chi connectivity index (χ4v) is 3.90. The van der Waals surface area contributed by atoms with Gasteiger partial charge in [0.2, 0.25) is 0 Å². The van der Waals surface area contributed by atoms with Crippen LogP contribution in [0.5, 0.6) is 0 Å². The Morgan fingerprint density at radius 2 is 2.00 bits per heavy atom. The Balaban J connectivity index is 1.98. The van der Waals surface area contributed by atoms with E-state index in [1.54, 1.807) is 0 Å². The minimum atomic E-state index is 0.522. The average Bonchev–Trinajstić information content (AvgIpc) is 3.06. The number of nitrogens with zero attached hydrogens (tertiary/aromatic N) is 4. The molecule has 1 aromatic heterocycles. The first-order valence-corrected chi connectivity index (χ1v) is 9.94. The zero-order chi connectivity index (χ0) is 18.9. The van der Waals surface area contributed by atoms with E-state index in [1.165, 1.54) is 18.5 Å². The van der Waals surface area contributed by atoms with Crippen LogP contribution >= 0.6 is 0 Å². The first kappa shape index (κ1) is 20.8. The minimum absolute atomic E-state index is 0.522. The molecule has 1 aromatic rings. The Morgan fingerprint density at radius 3 is 2.54 bits per heavy atom. The Morgan fingerprint density at radius 1 is 1.31 bits per heavy atom. The summed E-state index contributed by atoms with van der Waals surface area (Å²) < 4.78 is 7.71. The van der Waals surface area contributed by atoms with Gasteiger partial charge >= 0.3 is 0 Å². The molecule has 0 radical (unpaired) electrons. The van der Waals surface area contributed by atoms with E-state index in [2.05, 4.69) is 70.9 Å². The summed E-state index contributed by atoms with van der Waals surface area (Å²) in [5.41, 5.74) is 1.28. The van der Waals surface area contributed by atoms with Crippen LogP contribution < -0.4 is 5.32 Å². The van der Waals surface area contributed by atoms with E-state index >= 15 is 0 Å². The van der Waals surface area contributed by atoms with Crippen molar-refractivity contribution in [3.8, 4) is 0 Å². The molecule has 2 heterocycles. The molecule has 1 saturated heterocycles. The highest BCUT2D eigenvalue weighted by Crippen LogP contribution is 2.19. The minimum Gasteiger partial charge on any atom is -0.379 e. The molecule has 0 aliphatic carbocycles. The molecule has 0 spiro atoms. The second-order valence-electron chi connectivity index (χ2n) is 7.19. The van der Waals surface area contributed by atoms with Gasteiger partial charge in [0.15, 0.2) is 5.96 Å². The first-order valence-electron chi connectivity index (χ1n) is 9.94. The van der Waals surface area contributed by atoms with Crippen LogP contribution in [0.15, 0.2) is 23.3 Å². The molecule has 1 N–H and O–H groups in total. The summed E-state index contributed by atoms with van der Waals surface area (Å²) in [6.07, 6.45) is 4.50. The Kier molecular flexibility index (Phi) is 8.45. The van der Waals surface area contributed by atoms with E-state index in [-0.39, 0.29) is 0 Å². The predicted molar refractivity (Wildman–Crippen MR) is 108 cm³/mol. The van der Waals surface area contributed by atoms with Crippen molar-refractivity contribution >= 4 is 5.96 Å². The van der Waals surface area contributed by atoms with Crippen LogP contribution in [0, 0.1) is 5.92 Å². The van der Waals surface area contributed by atoms with Crippen molar-refractivity contribution in [3.63, 3.8) is 0 Å². The highest BCUT2D eigenvalue weighted by molar-refractivity contribution is 5.79. The van der Waals surface area contributed by atoms with Crippen LogP contribution in [0.4, 0.5) is 0 Å². The van der Waals surface area contributed by atoms with Crippen molar-refractivity contribution in [1.29, 1.82) is 0 Å². The number of hydrogen-bond donors (Lipinski definition) is 1. The van der Waals surface area contributed by atoms with Crippen molar-refractivity contribution in [1.82, 2.24) is 19.7 Å². The van der Waals surface area contributed by atoms with Gasteiger partial charge in [-0.3, -0.25) is 9.89 Å². The van der Waals surface area contributed by atoms with E-state index < -0.39 is 0 Å². The van der Waals surface area contributed by atoms with Gasteiger partial charge in [-0.1, -0.05) is 26.7 Å². The van der Waals surface area contributed by atoms with Gasteiger partial charge in [0, 0.05) is 58.7 Å². The van der Waals surface area contributed by atoms with Crippen molar-refractivity contribution < 1.29 is 4.74 Å². The van der Waals surface area contributed by atoms with Gasteiger partial charge in [0.1, 0.15) is 0 Å². The van der Waals surface area contributed by atoms with Crippen molar-refractivity contribution in [2.75, 3.05) is 46.9 Å². The van der Waals surface area contributed by atoms with Crippen LogP contribution in [0.2, 0.25) is 0 Å². The third kappa shape index (κ3) is 5.48. The molecule has 26 heavy (non-hydrogen) atoms. The molecular formula is C20H37N5O. The number of hydrogen-bond acceptors (Lipinski definition) is 3. The lowest BCUT2D eigenvalue weighted by atomic mass is 9.92. The summed E-state index contributed by atoms with van der Waals surface area (Å²) in [4.78, 5) is 9.29. The maximum Gasteiger partial charge on any atom is 0.193 e. The molecule has 1 atom stereocenters. The summed E-state index contributed by atoms with van der Waals surface area (Å²) in [5.74, 6) is 1.65.